The number of halogens is 1. The summed E-state index contributed by atoms with van der Waals surface area (Å²) in [5.41, 5.74) is 3.17. The first-order valence-electron chi connectivity index (χ1n) is 11.8. The molecule has 1 saturated heterocycles. The van der Waals surface area contributed by atoms with Gasteiger partial charge < -0.3 is 26.2 Å². The topological polar surface area (TPSA) is 161 Å². The molecule has 0 spiro atoms. The SMILES string of the molecule is NC(=O)C1=C(O)C[C@@H]2C[C@@H]3Cc4c(I)cc(CN5CCCCC5)c(O)c4C(=O)C3=C(O)[C@]2(O)C1=O. The van der Waals surface area contributed by atoms with Crippen LogP contribution in [0.4, 0.5) is 0 Å². The number of ketones is 2. The fourth-order valence-electron chi connectivity index (χ4n) is 6.17. The summed E-state index contributed by atoms with van der Waals surface area (Å²) in [5.74, 6) is -5.99. The molecule has 9 nitrogen and oxygen atoms in total. The van der Waals surface area contributed by atoms with E-state index in [-0.39, 0.29) is 29.7 Å². The van der Waals surface area contributed by atoms with Crippen LogP contribution in [0.3, 0.4) is 0 Å². The number of piperidine rings is 1. The predicted octanol–water partition coefficient (Wildman–Crippen LogP) is 2.17. The lowest BCUT2D eigenvalue weighted by Gasteiger charge is -2.45. The number of nitrogens with zero attached hydrogens (tertiary/aromatic N) is 1. The molecule has 1 aliphatic heterocycles. The first kappa shape index (κ1) is 24.3. The third kappa shape index (κ3) is 3.60. The molecule has 5 rings (SSSR count). The second kappa shape index (κ2) is 8.59. The highest BCUT2D eigenvalue weighted by molar-refractivity contribution is 14.1. The minimum absolute atomic E-state index is 0.0838. The second-order valence-electron chi connectivity index (χ2n) is 9.97. The molecule has 1 aromatic rings. The summed E-state index contributed by atoms with van der Waals surface area (Å²) >= 11 is 2.15. The van der Waals surface area contributed by atoms with Gasteiger partial charge in [0, 0.05) is 33.6 Å². The van der Waals surface area contributed by atoms with Crippen molar-refractivity contribution in [3.63, 3.8) is 0 Å². The van der Waals surface area contributed by atoms with Gasteiger partial charge in [-0.3, -0.25) is 19.3 Å². The summed E-state index contributed by atoms with van der Waals surface area (Å²) < 4.78 is 0.827. The lowest BCUT2D eigenvalue weighted by molar-refractivity contribution is -0.144. The Morgan fingerprint density at radius 1 is 1.14 bits per heavy atom. The van der Waals surface area contributed by atoms with Gasteiger partial charge in [0.1, 0.15) is 22.8 Å². The zero-order valence-corrected chi connectivity index (χ0v) is 21.2. The largest absolute Gasteiger partial charge is 0.511 e. The lowest BCUT2D eigenvalue weighted by atomic mass is 9.60. The number of nitrogens with two attached hydrogens (primary N) is 1. The van der Waals surface area contributed by atoms with Crippen molar-refractivity contribution in [1.29, 1.82) is 0 Å². The number of carbonyl (C=O) groups is 3. The highest BCUT2D eigenvalue weighted by atomic mass is 127. The Morgan fingerprint density at radius 2 is 1.83 bits per heavy atom. The van der Waals surface area contributed by atoms with Crippen LogP contribution in [-0.2, 0) is 22.6 Å². The number of phenols is 1. The number of carbonyl (C=O) groups excluding carboxylic acids is 3. The summed E-state index contributed by atoms with van der Waals surface area (Å²) in [5, 5.41) is 43.9. The molecule has 0 bridgehead atoms. The predicted molar refractivity (Wildman–Crippen MR) is 133 cm³/mol. The summed E-state index contributed by atoms with van der Waals surface area (Å²) in [6.45, 7) is 2.32. The maximum atomic E-state index is 13.7. The van der Waals surface area contributed by atoms with Crippen molar-refractivity contribution in [3.05, 3.63) is 49.0 Å². The third-order valence-corrected chi connectivity index (χ3v) is 8.89. The molecule has 0 saturated carbocycles. The molecule has 1 fully saturated rings. The van der Waals surface area contributed by atoms with Crippen LogP contribution in [0.5, 0.6) is 5.75 Å². The highest BCUT2D eigenvalue weighted by Gasteiger charge is 2.59. The maximum absolute atomic E-state index is 13.7. The van der Waals surface area contributed by atoms with Gasteiger partial charge in [0.2, 0.25) is 5.78 Å². The van der Waals surface area contributed by atoms with Crippen molar-refractivity contribution in [1.82, 2.24) is 4.90 Å². The molecule has 3 aliphatic carbocycles. The average Bonchev–Trinajstić information content (AvgIpc) is 2.80. The van der Waals surface area contributed by atoms with E-state index in [1.54, 1.807) is 0 Å². The zero-order valence-electron chi connectivity index (χ0n) is 19.0. The molecule has 10 heteroatoms. The Labute approximate surface area is 215 Å². The summed E-state index contributed by atoms with van der Waals surface area (Å²) in [6, 6.07) is 1.89. The van der Waals surface area contributed by atoms with E-state index in [4.69, 9.17) is 5.73 Å². The molecule has 1 aromatic carbocycles. The number of rotatable bonds is 3. The zero-order chi connectivity index (χ0) is 25.2. The number of benzene rings is 1. The minimum atomic E-state index is -2.54. The van der Waals surface area contributed by atoms with Crippen molar-refractivity contribution in [2.24, 2.45) is 17.6 Å². The number of allylic oxidation sites excluding steroid dienone is 2. The van der Waals surface area contributed by atoms with Crippen LogP contribution < -0.4 is 5.73 Å². The number of aliphatic hydroxyl groups excluding tert-OH is 2. The van der Waals surface area contributed by atoms with Crippen LogP contribution in [0, 0.1) is 15.4 Å². The number of hydrogen-bond donors (Lipinski definition) is 5. The number of Topliss-reactive ketones (excluding diaryl/α,β-unsaturated/α-hetero) is 2. The van der Waals surface area contributed by atoms with Crippen LogP contribution in [0.15, 0.2) is 28.7 Å². The van der Waals surface area contributed by atoms with Gasteiger partial charge in [0.25, 0.3) is 5.91 Å². The average molecular weight is 594 g/mol. The number of phenolic OH excluding ortho intramolecular Hbond substituents is 1. The van der Waals surface area contributed by atoms with E-state index in [0.717, 1.165) is 29.5 Å². The van der Waals surface area contributed by atoms with E-state index in [0.29, 0.717) is 24.1 Å². The number of fused-ring (bicyclic) bond motifs is 3. The molecule has 1 amide bonds. The molecule has 35 heavy (non-hydrogen) atoms. The summed E-state index contributed by atoms with van der Waals surface area (Å²) in [7, 11) is 0. The Kier molecular flexibility index (Phi) is 5.96. The van der Waals surface area contributed by atoms with Crippen LogP contribution in [-0.4, -0.2) is 61.5 Å². The standard InChI is InChI=1S/C25H27IN2O7/c26-15-8-12(10-28-4-2-1-3-5-28)20(30)18-14(15)7-11-6-13-9-16(29)19(24(27)34)23(33)25(13,35)22(32)17(11)21(18)31/h8,11,13,29-30,32,35H,1-7,9-10H2,(H2,27,34)/t11-,13+,25+/m1/s1. The normalized spacial score (nSPS) is 29.1. The molecule has 6 N–H and O–H groups in total. The van der Waals surface area contributed by atoms with Crippen molar-refractivity contribution >= 4 is 40.1 Å². The number of hydrogen-bond acceptors (Lipinski definition) is 8. The molecular formula is C25H27IN2O7. The van der Waals surface area contributed by atoms with Gasteiger partial charge in [0.15, 0.2) is 11.4 Å². The van der Waals surface area contributed by atoms with Gasteiger partial charge in [-0.2, -0.15) is 0 Å². The van der Waals surface area contributed by atoms with Crippen molar-refractivity contribution < 1.29 is 34.8 Å². The van der Waals surface area contributed by atoms with Crippen LogP contribution in [0.1, 0.15) is 53.6 Å². The molecule has 0 unspecified atom stereocenters. The Morgan fingerprint density at radius 3 is 2.49 bits per heavy atom. The number of primary amides is 1. The molecule has 0 aromatic heterocycles. The fraction of sp³-hybridized carbons (Fsp3) is 0.480. The van der Waals surface area contributed by atoms with Gasteiger partial charge in [-0.15, -0.1) is 0 Å². The first-order valence-corrected chi connectivity index (χ1v) is 12.9. The van der Waals surface area contributed by atoms with Gasteiger partial charge in [-0.25, -0.2) is 0 Å². The fourth-order valence-corrected chi connectivity index (χ4v) is 7.04. The van der Waals surface area contributed by atoms with E-state index in [9.17, 15) is 34.8 Å². The smallest absolute Gasteiger partial charge is 0.255 e. The summed E-state index contributed by atoms with van der Waals surface area (Å²) in [4.78, 5) is 40.7. The maximum Gasteiger partial charge on any atom is 0.255 e. The van der Waals surface area contributed by atoms with Crippen molar-refractivity contribution in [2.75, 3.05) is 13.1 Å². The van der Waals surface area contributed by atoms with Gasteiger partial charge in [-0.05, 0) is 78.9 Å². The van der Waals surface area contributed by atoms with Crippen molar-refractivity contribution in [2.45, 2.75) is 50.7 Å². The van der Waals surface area contributed by atoms with Gasteiger partial charge >= 0.3 is 0 Å². The minimum Gasteiger partial charge on any atom is -0.511 e. The van der Waals surface area contributed by atoms with E-state index in [2.05, 4.69) is 27.5 Å². The number of amides is 1. The molecule has 0 radical (unpaired) electrons. The molecule has 186 valence electrons. The van der Waals surface area contributed by atoms with Crippen LogP contribution in [0.2, 0.25) is 0 Å². The van der Waals surface area contributed by atoms with Crippen LogP contribution in [0.25, 0.3) is 0 Å². The van der Waals surface area contributed by atoms with E-state index < -0.39 is 52.0 Å². The third-order valence-electron chi connectivity index (χ3n) is 7.93. The Bertz CT molecular complexity index is 1230. The summed E-state index contributed by atoms with van der Waals surface area (Å²) in [6.07, 6.45) is 3.56. The second-order valence-corrected chi connectivity index (χ2v) is 11.1. The molecule has 1 heterocycles. The monoisotopic (exact) mass is 594 g/mol. The number of aromatic hydroxyl groups is 1. The lowest BCUT2D eigenvalue weighted by Crippen LogP contribution is -2.57. The van der Waals surface area contributed by atoms with Gasteiger partial charge in [-0.1, -0.05) is 6.42 Å². The molecule has 3 atom stereocenters. The highest BCUT2D eigenvalue weighted by Crippen LogP contribution is 2.52. The Hall–Kier alpha value is -2.44. The Balaban J connectivity index is 1.59. The molecular weight excluding hydrogens is 567 g/mol. The van der Waals surface area contributed by atoms with E-state index >= 15 is 0 Å². The first-order chi connectivity index (χ1) is 16.6. The van der Waals surface area contributed by atoms with Gasteiger partial charge in [0.05, 0.1) is 5.56 Å². The number of likely N-dealkylation sites (tertiary alicyclic amines) is 1. The van der Waals surface area contributed by atoms with E-state index in [1.807, 2.05) is 6.07 Å². The number of aliphatic hydroxyl groups is 3. The van der Waals surface area contributed by atoms with Crippen molar-refractivity contribution in [3.8, 4) is 5.75 Å². The van der Waals surface area contributed by atoms with Crippen LogP contribution >= 0.6 is 22.6 Å². The quantitative estimate of drug-likeness (QED) is 0.263. The van der Waals surface area contributed by atoms with E-state index in [1.165, 1.54) is 6.42 Å². The molecule has 4 aliphatic rings.